The first-order valence-corrected chi connectivity index (χ1v) is 7.54. The van der Waals surface area contributed by atoms with E-state index in [-0.39, 0.29) is 0 Å². The van der Waals surface area contributed by atoms with Crippen LogP contribution in [0.5, 0.6) is 0 Å². The van der Waals surface area contributed by atoms with Crippen LogP contribution in [-0.2, 0) is 4.79 Å². The van der Waals surface area contributed by atoms with Crippen molar-refractivity contribution in [3.8, 4) is 0 Å². The van der Waals surface area contributed by atoms with Crippen molar-refractivity contribution >= 4 is 5.91 Å². The van der Waals surface area contributed by atoms with Crippen molar-refractivity contribution in [1.82, 2.24) is 5.32 Å². The standard InChI is InChI=1S/C15H25NO/c1-10(14-9-11-6-7-13(14)8-11)16-15(17)12-4-2-3-5-12/h10-14H,2-9H2,1H3,(H,16,17)/t10-,11-,13-,14-/m0/s1. The number of nitrogens with one attached hydrogen (secondary N) is 1. The molecule has 3 aliphatic carbocycles. The van der Waals surface area contributed by atoms with Gasteiger partial charge >= 0.3 is 0 Å². The molecule has 2 nitrogen and oxygen atoms in total. The van der Waals surface area contributed by atoms with Crippen molar-refractivity contribution in [2.45, 2.75) is 64.3 Å². The first kappa shape index (κ1) is 11.6. The Morgan fingerprint density at radius 3 is 2.47 bits per heavy atom. The Balaban J connectivity index is 1.52. The molecule has 1 N–H and O–H groups in total. The van der Waals surface area contributed by atoms with E-state index < -0.39 is 0 Å². The molecule has 0 aromatic rings. The van der Waals surface area contributed by atoms with Gasteiger partial charge < -0.3 is 5.32 Å². The number of fused-ring (bicyclic) bond motifs is 2. The van der Waals surface area contributed by atoms with E-state index in [1.54, 1.807) is 0 Å². The monoisotopic (exact) mass is 235 g/mol. The van der Waals surface area contributed by atoms with Crippen molar-refractivity contribution in [2.75, 3.05) is 0 Å². The molecule has 4 atom stereocenters. The average Bonchev–Trinajstić information content (AvgIpc) is 3.05. The van der Waals surface area contributed by atoms with E-state index in [9.17, 15) is 4.79 Å². The summed E-state index contributed by atoms with van der Waals surface area (Å²) in [6, 6.07) is 0.415. The summed E-state index contributed by atoms with van der Waals surface area (Å²) in [5.74, 6) is 3.35. The van der Waals surface area contributed by atoms with Crippen LogP contribution in [0.3, 0.4) is 0 Å². The van der Waals surface area contributed by atoms with Crippen molar-refractivity contribution in [2.24, 2.45) is 23.7 Å². The zero-order valence-electron chi connectivity index (χ0n) is 11.0. The second kappa shape index (κ2) is 4.62. The summed E-state index contributed by atoms with van der Waals surface area (Å²) >= 11 is 0. The van der Waals surface area contributed by atoms with E-state index >= 15 is 0 Å². The number of hydrogen-bond acceptors (Lipinski definition) is 1. The average molecular weight is 235 g/mol. The minimum Gasteiger partial charge on any atom is -0.353 e. The van der Waals surface area contributed by atoms with Gasteiger partial charge in [0.25, 0.3) is 0 Å². The molecule has 0 saturated heterocycles. The molecular formula is C15H25NO. The SMILES string of the molecule is C[C@H](NC(=O)C1CCCC1)[C@@H]1C[C@H]2CC[C@H]1C2. The van der Waals surface area contributed by atoms with Gasteiger partial charge in [0.1, 0.15) is 0 Å². The lowest BCUT2D eigenvalue weighted by Crippen LogP contribution is -2.42. The second-order valence-corrected chi connectivity index (χ2v) is 6.62. The lowest BCUT2D eigenvalue weighted by atomic mass is 9.84. The van der Waals surface area contributed by atoms with Gasteiger partial charge in [0.05, 0.1) is 0 Å². The molecule has 0 aromatic heterocycles. The molecule has 1 amide bonds. The predicted octanol–water partition coefficient (Wildman–Crippen LogP) is 3.12. The van der Waals surface area contributed by atoms with Crippen LogP contribution in [0.15, 0.2) is 0 Å². The fourth-order valence-electron chi connectivity index (χ4n) is 4.54. The van der Waals surface area contributed by atoms with Gasteiger partial charge in [-0.05, 0) is 56.8 Å². The maximum atomic E-state index is 12.1. The number of carbonyl (C=O) groups excluding carboxylic acids is 1. The first-order valence-electron chi connectivity index (χ1n) is 7.54. The van der Waals surface area contributed by atoms with E-state index in [2.05, 4.69) is 12.2 Å². The largest absolute Gasteiger partial charge is 0.353 e. The van der Waals surface area contributed by atoms with Crippen LogP contribution in [-0.4, -0.2) is 11.9 Å². The summed E-state index contributed by atoms with van der Waals surface area (Å²) < 4.78 is 0. The maximum absolute atomic E-state index is 12.1. The molecule has 2 heteroatoms. The molecule has 2 bridgehead atoms. The fourth-order valence-corrected chi connectivity index (χ4v) is 4.54. The lowest BCUT2D eigenvalue weighted by Gasteiger charge is -2.29. The van der Waals surface area contributed by atoms with Gasteiger partial charge in [-0.2, -0.15) is 0 Å². The fraction of sp³-hybridized carbons (Fsp3) is 0.933. The predicted molar refractivity (Wildman–Crippen MR) is 68.5 cm³/mol. The quantitative estimate of drug-likeness (QED) is 0.800. The van der Waals surface area contributed by atoms with Crippen LogP contribution >= 0.6 is 0 Å². The number of rotatable bonds is 3. The molecule has 96 valence electrons. The lowest BCUT2D eigenvalue weighted by molar-refractivity contribution is -0.125. The van der Waals surface area contributed by atoms with Crippen LogP contribution in [0, 0.1) is 23.7 Å². The first-order chi connectivity index (χ1) is 8.24. The Kier molecular flexibility index (Phi) is 3.14. The Bertz CT molecular complexity index is 295. The van der Waals surface area contributed by atoms with Crippen LogP contribution in [0.1, 0.15) is 58.3 Å². The Morgan fingerprint density at radius 1 is 1.12 bits per heavy atom. The minimum atomic E-state index is 0.330. The molecule has 0 aromatic carbocycles. The van der Waals surface area contributed by atoms with Gasteiger partial charge in [-0.25, -0.2) is 0 Å². The molecule has 0 heterocycles. The maximum Gasteiger partial charge on any atom is 0.223 e. The van der Waals surface area contributed by atoms with Gasteiger partial charge in [0, 0.05) is 12.0 Å². The number of amides is 1. The van der Waals surface area contributed by atoms with E-state index in [0.29, 0.717) is 17.9 Å². The topological polar surface area (TPSA) is 29.1 Å². The summed E-state index contributed by atoms with van der Waals surface area (Å²) in [5, 5.41) is 3.31. The Hall–Kier alpha value is -0.530. The van der Waals surface area contributed by atoms with E-state index in [4.69, 9.17) is 0 Å². The molecule has 0 unspecified atom stereocenters. The van der Waals surface area contributed by atoms with Crippen LogP contribution in [0.2, 0.25) is 0 Å². The number of hydrogen-bond donors (Lipinski definition) is 1. The summed E-state index contributed by atoms with van der Waals surface area (Å²) in [4.78, 5) is 12.1. The molecule has 3 rings (SSSR count). The third-order valence-corrected chi connectivity index (χ3v) is 5.53. The number of carbonyl (C=O) groups is 1. The molecule has 3 aliphatic rings. The normalized spacial score (nSPS) is 38.5. The Labute approximate surface area is 105 Å². The van der Waals surface area contributed by atoms with Crippen molar-refractivity contribution in [3.63, 3.8) is 0 Å². The van der Waals surface area contributed by atoms with Gasteiger partial charge in [-0.1, -0.05) is 19.3 Å². The van der Waals surface area contributed by atoms with E-state index in [1.165, 1.54) is 38.5 Å². The zero-order valence-corrected chi connectivity index (χ0v) is 11.0. The van der Waals surface area contributed by atoms with Gasteiger partial charge in [-0.15, -0.1) is 0 Å². The van der Waals surface area contributed by atoms with Crippen LogP contribution in [0.25, 0.3) is 0 Å². The van der Waals surface area contributed by atoms with Crippen molar-refractivity contribution in [3.05, 3.63) is 0 Å². The van der Waals surface area contributed by atoms with Crippen molar-refractivity contribution in [1.29, 1.82) is 0 Å². The smallest absolute Gasteiger partial charge is 0.223 e. The molecule has 3 saturated carbocycles. The molecule has 0 radical (unpaired) electrons. The van der Waals surface area contributed by atoms with E-state index in [0.717, 1.165) is 30.6 Å². The van der Waals surface area contributed by atoms with Gasteiger partial charge in [-0.3, -0.25) is 4.79 Å². The van der Waals surface area contributed by atoms with E-state index in [1.807, 2.05) is 0 Å². The summed E-state index contributed by atoms with van der Waals surface area (Å²) in [6.45, 7) is 2.23. The molecule has 17 heavy (non-hydrogen) atoms. The summed E-state index contributed by atoms with van der Waals surface area (Å²) in [6.07, 6.45) is 10.4. The Morgan fingerprint density at radius 2 is 1.88 bits per heavy atom. The third kappa shape index (κ3) is 2.23. The summed E-state index contributed by atoms with van der Waals surface area (Å²) in [5.41, 5.74) is 0. The van der Waals surface area contributed by atoms with Crippen molar-refractivity contribution < 1.29 is 4.79 Å². The van der Waals surface area contributed by atoms with Gasteiger partial charge in [0.15, 0.2) is 0 Å². The van der Waals surface area contributed by atoms with Gasteiger partial charge in [0.2, 0.25) is 5.91 Å². The highest BCUT2D eigenvalue weighted by molar-refractivity contribution is 5.79. The highest BCUT2D eigenvalue weighted by atomic mass is 16.1. The summed E-state index contributed by atoms with van der Waals surface area (Å²) in [7, 11) is 0. The third-order valence-electron chi connectivity index (χ3n) is 5.53. The molecule has 0 aliphatic heterocycles. The zero-order chi connectivity index (χ0) is 11.8. The highest BCUT2D eigenvalue weighted by Gasteiger charge is 2.42. The molecule has 3 fully saturated rings. The highest BCUT2D eigenvalue weighted by Crippen LogP contribution is 2.49. The van der Waals surface area contributed by atoms with Crippen LogP contribution < -0.4 is 5.32 Å². The van der Waals surface area contributed by atoms with Crippen LogP contribution in [0.4, 0.5) is 0 Å². The minimum absolute atomic E-state index is 0.330. The molecule has 0 spiro atoms. The second-order valence-electron chi connectivity index (χ2n) is 6.62. The molecular weight excluding hydrogens is 210 g/mol.